The van der Waals surface area contributed by atoms with E-state index in [9.17, 15) is 0 Å². The number of aliphatic hydroxyl groups excluding tert-OH is 1. The average molecular weight is 233 g/mol. The Hall–Kier alpha value is -0.860. The molecule has 2 rings (SSSR count). The molecule has 94 valence electrons. The van der Waals surface area contributed by atoms with Crippen LogP contribution in [0.4, 0.5) is 0 Å². The lowest BCUT2D eigenvalue weighted by Gasteiger charge is -2.29. The quantitative estimate of drug-likeness (QED) is 0.837. The molecule has 1 aromatic carbocycles. The molecule has 1 aromatic rings. The number of nitrogens with one attached hydrogen (secondary N) is 1. The number of fused-ring (bicyclic) bond motifs is 1. The van der Waals surface area contributed by atoms with Crippen molar-refractivity contribution in [3.63, 3.8) is 0 Å². The highest BCUT2D eigenvalue weighted by Crippen LogP contribution is 2.44. The highest BCUT2D eigenvalue weighted by atomic mass is 16.3. The molecule has 0 spiro atoms. The summed E-state index contributed by atoms with van der Waals surface area (Å²) in [6, 6.07) is 9.10. The lowest BCUT2D eigenvalue weighted by Crippen LogP contribution is -2.34. The van der Waals surface area contributed by atoms with Gasteiger partial charge in [0.25, 0.3) is 0 Å². The van der Waals surface area contributed by atoms with Gasteiger partial charge in [-0.2, -0.15) is 0 Å². The fourth-order valence-electron chi connectivity index (χ4n) is 2.76. The molecule has 0 saturated heterocycles. The Kier molecular flexibility index (Phi) is 3.55. The molecule has 0 fully saturated rings. The van der Waals surface area contributed by atoms with Crippen LogP contribution in [0.5, 0.6) is 0 Å². The van der Waals surface area contributed by atoms with Crippen LogP contribution < -0.4 is 5.32 Å². The molecule has 2 heteroatoms. The zero-order chi connectivity index (χ0) is 12.5. The molecule has 2 atom stereocenters. The van der Waals surface area contributed by atoms with E-state index >= 15 is 0 Å². The fourth-order valence-corrected chi connectivity index (χ4v) is 2.76. The number of hydrogen-bond acceptors (Lipinski definition) is 2. The van der Waals surface area contributed by atoms with Gasteiger partial charge in [0, 0.05) is 19.2 Å². The van der Waals surface area contributed by atoms with Crippen molar-refractivity contribution in [2.24, 2.45) is 11.3 Å². The van der Waals surface area contributed by atoms with Crippen LogP contribution in [0.1, 0.15) is 37.9 Å². The Morgan fingerprint density at radius 2 is 2.12 bits per heavy atom. The van der Waals surface area contributed by atoms with Gasteiger partial charge in [-0.1, -0.05) is 45.0 Å². The third kappa shape index (κ3) is 2.53. The van der Waals surface area contributed by atoms with E-state index in [0.717, 1.165) is 13.0 Å². The Morgan fingerprint density at radius 3 is 2.82 bits per heavy atom. The molecular formula is C15H23NO. The van der Waals surface area contributed by atoms with E-state index in [1.807, 2.05) is 0 Å². The maximum Gasteiger partial charge on any atom is 0.0468 e. The first-order valence-electron chi connectivity index (χ1n) is 6.46. The summed E-state index contributed by atoms with van der Waals surface area (Å²) >= 11 is 0. The first-order valence-corrected chi connectivity index (χ1v) is 6.46. The molecule has 0 amide bonds. The van der Waals surface area contributed by atoms with Gasteiger partial charge in [0.05, 0.1) is 0 Å². The molecule has 2 nitrogen and oxygen atoms in total. The lowest BCUT2D eigenvalue weighted by molar-refractivity contribution is 0.209. The maximum atomic E-state index is 9.09. The minimum atomic E-state index is 0.252. The molecule has 0 bridgehead atoms. The largest absolute Gasteiger partial charge is 0.396 e. The molecule has 0 radical (unpaired) electrons. The minimum Gasteiger partial charge on any atom is -0.396 e. The number of benzene rings is 1. The summed E-state index contributed by atoms with van der Waals surface area (Å²) in [6.07, 6.45) is 1.13. The van der Waals surface area contributed by atoms with Gasteiger partial charge in [-0.05, 0) is 28.9 Å². The second-order valence-corrected chi connectivity index (χ2v) is 5.99. The van der Waals surface area contributed by atoms with E-state index in [2.05, 4.69) is 50.4 Å². The number of aliphatic hydroxyl groups is 1. The van der Waals surface area contributed by atoms with E-state index in [0.29, 0.717) is 12.0 Å². The topological polar surface area (TPSA) is 32.3 Å². The van der Waals surface area contributed by atoms with Gasteiger partial charge in [-0.3, -0.25) is 0 Å². The van der Waals surface area contributed by atoms with Gasteiger partial charge < -0.3 is 10.4 Å². The standard InChI is InChI=1S/C15H23NO/c1-11(10-17)9-16-14-13-7-5-4-6-12(13)8-15(14,2)3/h4-7,11,14,16-17H,8-10H2,1-3H3. The van der Waals surface area contributed by atoms with Crippen molar-refractivity contribution in [1.29, 1.82) is 0 Å². The molecule has 2 unspecified atom stereocenters. The van der Waals surface area contributed by atoms with Gasteiger partial charge in [0.2, 0.25) is 0 Å². The smallest absolute Gasteiger partial charge is 0.0468 e. The second kappa shape index (κ2) is 4.79. The molecule has 2 N–H and O–H groups in total. The van der Waals surface area contributed by atoms with Gasteiger partial charge >= 0.3 is 0 Å². The Labute approximate surface area is 104 Å². The number of rotatable bonds is 4. The highest BCUT2D eigenvalue weighted by Gasteiger charge is 2.38. The van der Waals surface area contributed by atoms with Crippen LogP contribution in [-0.2, 0) is 6.42 Å². The third-order valence-electron chi connectivity index (χ3n) is 3.78. The summed E-state index contributed by atoms with van der Waals surface area (Å²) < 4.78 is 0. The Balaban J connectivity index is 2.14. The zero-order valence-corrected chi connectivity index (χ0v) is 11.0. The van der Waals surface area contributed by atoms with Crippen LogP contribution >= 0.6 is 0 Å². The predicted octanol–water partition coefficient (Wildman–Crippen LogP) is 2.53. The molecule has 1 aliphatic rings. The zero-order valence-electron chi connectivity index (χ0n) is 11.0. The van der Waals surface area contributed by atoms with Crippen molar-refractivity contribution in [1.82, 2.24) is 5.32 Å². The Morgan fingerprint density at radius 1 is 1.41 bits per heavy atom. The van der Waals surface area contributed by atoms with Crippen molar-refractivity contribution in [3.8, 4) is 0 Å². The summed E-state index contributed by atoms with van der Waals surface area (Å²) in [5, 5.41) is 12.7. The van der Waals surface area contributed by atoms with Gasteiger partial charge in [0.15, 0.2) is 0 Å². The monoisotopic (exact) mass is 233 g/mol. The second-order valence-electron chi connectivity index (χ2n) is 5.99. The van der Waals surface area contributed by atoms with Crippen LogP contribution in [-0.4, -0.2) is 18.3 Å². The molecular weight excluding hydrogens is 210 g/mol. The molecule has 0 heterocycles. The van der Waals surface area contributed by atoms with Gasteiger partial charge in [-0.15, -0.1) is 0 Å². The van der Waals surface area contributed by atoms with Crippen LogP contribution in [0.25, 0.3) is 0 Å². The summed E-state index contributed by atoms with van der Waals surface area (Å²) in [6.45, 7) is 7.82. The highest BCUT2D eigenvalue weighted by molar-refractivity contribution is 5.37. The van der Waals surface area contributed by atoms with E-state index in [4.69, 9.17) is 5.11 Å². The van der Waals surface area contributed by atoms with Gasteiger partial charge in [0.1, 0.15) is 0 Å². The van der Waals surface area contributed by atoms with E-state index < -0.39 is 0 Å². The lowest BCUT2D eigenvalue weighted by atomic mass is 9.85. The van der Waals surface area contributed by atoms with Crippen LogP contribution in [0, 0.1) is 11.3 Å². The normalized spacial score (nSPS) is 23.4. The van der Waals surface area contributed by atoms with Crippen molar-refractivity contribution in [2.45, 2.75) is 33.2 Å². The van der Waals surface area contributed by atoms with Crippen molar-refractivity contribution >= 4 is 0 Å². The van der Waals surface area contributed by atoms with Crippen LogP contribution in [0.2, 0.25) is 0 Å². The van der Waals surface area contributed by atoms with Crippen molar-refractivity contribution < 1.29 is 5.11 Å². The molecule has 17 heavy (non-hydrogen) atoms. The first-order chi connectivity index (χ1) is 8.04. The average Bonchev–Trinajstić information content (AvgIpc) is 2.56. The SMILES string of the molecule is CC(CO)CNC1c2ccccc2CC1(C)C. The fraction of sp³-hybridized carbons (Fsp3) is 0.600. The van der Waals surface area contributed by atoms with E-state index in [-0.39, 0.29) is 12.0 Å². The van der Waals surface area contributed by atoms with Gasteiger partial charge in [-0.25, -0.2) is 0 Å². The molecule has 1 aliphatic carbocycles. The van der Waals surface area contributed by atoms with Crippen molar-refractivity contribution in [3.05, 3.63) is 35.4 Å². The summed E-state index contributed by atoms with van der Waals surface area (Å²) in [4.78, 5) is 0. The number of hydrogen-bond donors (Lipinski definition) is 2. The minimum absolute atomic E-state index is 0.252. The molecule has 0 aromatic heterocycles. The summed E-state index contributed by atoms with van der Waals surface area (Å²) in [7, 11) is 0. The molecule has 0 aliphatic heterocycles. The summed E-state index contributed by atoms with van der Waals surface area (Å²) in [5.74, 6) is 0.318. The first kappa shape index (κ1) is 12.6. The Bertz CT molecular complexity index is 386. The molecule has 0 saturated carbocycles. The van der Waals surface area contributed by atoms with Crippen LogP contribution in [0.3, 0.4) is 0 Å². The van der Waals surface area contributed by atoms with E-state index in [1.165, 1.54) is 11.1 Å². The van der Waals surface area contributed by atoms with E-state index in [1.54, 1.807) is 0 Å². The van der Waals surface area contributed by atoms with Crippen molar-refractivity contribution in [2.75, 3.05) is 13.2 Å². The third-order valence-corrected chi connectivity index (χ3v) is 3.78. The maximum absolute atomic E-state index is 9.09. The summed E-state index contributed by atoms with van der Waals surface area (Å²) in [5.41, 5.74) is 3.16. The predicted molar refractivity (Wildman–Crippen MR) is 70.9 cm³/mol. The van der Waals surface area contributed by atoms with Crippen LogP contribution in [0.15, 0.2) is 24.3 Å².